The molecule has 0 saturated heterocycles. The fraction of sp³-hybridized carbons (Fsp3) is 0.105. The molecule has 2 aromatic carbocycles. The minimum absolute atomic E-state index is 0.571. The molecule has 0 spiro atoms. The number of aromatic nitrogens is 4. The van der Waals surface area contributed by atoms with E-state index < -0.39 is 0 Å². The molecule has 4 aromatic rings. The minimum Gasteiger partial charge on any atom is -0.177 e. The van der Waals surface area contributed by atoms with Crippen LogP contribution in [-0.2, 0) is 0 Å². The Balaban J connectivity index is 2.00. The number of aryl methyl sites for hydroxylation is 2. The largest absolute Gasteiger partial charge is 0.214 e. The van der Waals surface area contributed by atoms with E-state index >= 15 is 0 Å². The Labute approximate surface area is 164 Å². The van der Waals surface area contributed by atoms with E-state index in [1.807, 2.05) is 36.4 Å². The number of aromatic amines is 1. The molecule has 0 atom stereocenters. The summed E-state index contributed by atoms with van der Waals surface area (Å²) in [6.45, 7) is 4.15. The van der Waals surface area contributed by atoms with Crippen LogP contribution < -0.4 is 0 Å². The van der Waals surface area contributed by atoms with Crippen molar-refractivity contribution < 1.29 is 0 Å². The monoisotopic (exact) mass is 400 g/mol. The van der Waals surface area contributed by atoms with Crippen molar-refractivity contribution in [2.45, 2.75) is 13.8 Å². The molecular formula is C19H14Cl2N4S. The van der Waals surface area contributed by atoms with Crippen LogP contribution in [0.15, 0.2) is 42.5 Å². The van der Waals surface area contributed by atoms with Crippen molar-refractivity contribution in [1.29, 1.82) is 0 Å². The second-order valence-corrected chi connectivity index (χ2v) is 7.93. The van der Waals surface area contributed by atoms with E-state index in [0.29, 0.717) is 15.9 Å². The van der Waals surface area contributed by atoms with Crippen LogP contribution in [0.1, 0.15) is 11.1 Å². The van der Waals surface area contributed by atoms with Crippen LogP contribution in [0.4, 0.5) is 0 Å². The summed E-state index contributed by atoms with van der Waals surface area (Å²) in [5.74, 6) is 0.571. The van der Waals surface area contributed by atoms with Crippen LogP contribution in [0.3, 0.4) is 0 Å². The average Bonchev–Trinajstić information content (AvgIpc) is 3.28. The lowest BCUT2D eigenvalue weighted by molar-refractivity contribution is 0.881. The molecule has 1 N–H and O–H groups in total. The van der Waals surface area contributed by atoms with Crippen molar-refractivity contribution in [1.82, 2.24) is 20.6 Å². The summed E-state index contributed by atoms with van der Waals surface area (Å²) in [6, 6.07) is 13.9. The maximum absolute atomic E-state index is 6.27. The number of H-pyrrole nitrogens is 1. The number of rotatable bonds is 3. The molecule has 130 valence electrons. The van der Waals surface area contributed by atoms with E-state index in [1.165, 1.54) is 0 Å². The fourth-order valence-corrected chi connectivity index (χ4v) is 4.42. The van der Waals surface area contributed by atoms with Gasteiger partial charge >= 0.3 is 0 Å². The van der Waals surface area contributed by atoms with Gasteiger partial charge in [-0.15, -0.1) is 21.5 Å². The molecule has 26 heavy (non-hydrogen) atoms. The Morgan fingerprint density at radius 3 is 2.15 bits per heavy atom. The average molecular weight is 401 g/mol. The standard InChI is InChI=1S/C19H14Cl2N4S/c1-10-3-5-12(20)7-14(10)16-9-17(19-22-24-25-23-19)26-18(16)15-8-13(21)6-4-11(15)2/h3-9H,1-2H3,(H,22,23,24,25). The number of hydrogen-bond acceptors (Lipinski definition) is 4. The maximum Gasteiger partial charge on any atom is 0.214 e. The van der Waals surface area contributed by atoms with Crippen molar-refractivity contribution in [2.75, 3.05) is 0 Å². The maximum atomic E-state index is 6.27. The number of nitrogens with zero attached hydrogens (tertiary/aromatic N) is 3. The highest BCUT2D eigenvalue weighted by molar-refractivity contribution is 7.19. The predicted octanol–water partition coefficient (Wildman–Crippen LogP) is 6.19. The molecule has 7 heteroatoms. The van der Waals surface area contributed by atoms with E-state index in [1.54, 1.807) is 11.3 Å². The summed E-state index contributed by atoms with van der Waals surface area (Å²) < 4.78 is 0. The topological polar surface area (TPSA) is 54.5 Å². The van der Waals surface area contributed by atoms with E-state index in [2.05, 4.69) is 40.5 Å². The van der Waals surface area contributed by atoms with Gasteiger partial charge in [-0.1, -0.05) is 35.3 Å². The summed E-state index contributed by atoms with van der Waals surface area (Å²) >= 11 is 14.2. The third kappa shape index (κ3) is 3.14. The third-order valence-electron chi connectivity index (χ3n) is 4.23. The number of tetrazole rings is 1. The number of hydrogen-bond donors (Lipinski definition) is 1. The number of halogens is 2. The fourth-order valence-electron chi connectivity index (χ4n) is 2.89. The van der Waals surface area contributed by atoms with E-state index in [0.717, 1.165) is 37.6 Å². The quantitative estimate of drug-likeness (QED) is 0.446. The first-order chi connectivity index (χ1) is 12.5. The van der Waals surface area contributed by atoms with Crippen LogP contribution in [0.2, 0.25) is 10.0 Å². The second kappa shape index (κ2) is 6.83. The Kier molecular flexibility index (Phi) is 4.53. The van der Waals surface area contributed by atoms with Crippen LogP contribution in [-0.4, -0.2) is 20.6 Å². The summed E-state index contributed by atoms with van der Waals surface area (Å²) in [5.41, 5.74) is 5.55. The molecule has 0 bridgehead atoms. The highest BCUT2D eigenvalue weighted by atomic mass is 35.5. The lowest BCUT2D eigenvalue weighted by Crippen LogP contribution is -1.86. The first-order valence-electron chi connectivity index (χ1n) is 7.93. The van der Waals surface area contributed by atoms with E-state index in [9.17, 15) is 0 Å². The van der Waals surface area contributed by atoms with Gasteiger partial charge in [0.05, 0.1) is 4.88 Å². The molecule has 0 aliphatic rings. The van der Waals surface area contributed by atoms with Gasteiger partial charge in [0.25, 0.3) is 0 Å². The Morgan fingerprint density at radius 2 is 1.50 bits per heavy atom. The van der Waals surface area contributed by atoms with Gasteiger partial charge in [0, 0.05) is 20.5 Å². The van der Waals surface area contributed by atoms with Gasteiger partial charge in [0.15, 0.2) is 0 Å². The molecule has 0 unspecified atom stereocenters. The van der Waals surface area contributed by atoms with E-state index in [4.69, 9.17) is 23.2 Å². The summed E-state index contributed by atoms with van der Waals surface area (Å²) in [5, 5.41) is 15.8. The van der Waals surface area contributed by atoms with Crippen molar-refractivity contribution in [3.8, 4) is 32.3 Å². The van der Waals surface area contributed by atoms with Crippen LogP contribution in [0.5, 0.6) is 0 Å². The SMILES string of the molecule is Cc1ccc(Cl)cc1-c1cc(-c2nn[nH]n2)sc1-c1cc(Cl)ccc1C. The Hall–Kier alpha value is -2.21. The highest BCUT2D eigenvalue weighted by Gasteiger charge is 2.19. The van der Waals surface area contributed by atoms with Crippen LogP contribution >= 0.6 is 34.5 Å². The highest BCUT2D eigenvalue weighted by Crippen LogP contribution is 2.45. The summed E-state index contributed by atoms with van der Waals surface area (Å²) in [7, 11) is 0. The molecule has 0 saturated carbocycles. The molecule has 0 fully saturated rings. The van der Waals surface area contributed by atoms with Gasteiger partial charge in [0.2, 0.25) is 5.82 Å². The predicted molar refractivity (Wildman–Crippen MR) is 108 cm³/mol. The minimum atomic E-state index is 0.571. The van der Waals surface area contributed by atoms with Crippen LogP contribution in [0, 0.1) is 13.8 Å². The molecule has 0 aliphatic carbocycles. The van der Waals surface area contributed by atoms with Gasteiger partial charge in [-0.05, 0) is 71.6 Å². The number of nitrogens with one attached hydrogen (secondary N) is 1. The molecule has 2 heterocycles. The van der Waals surface area contributed by atoms with Gasteiger partial charge < -0.3 is 0 Å². The van der Waals surface area contributed by atoms with Crippen molar-refractivity contribution >= 4 is 34.5 Å². The number of thiophene rings is 1. The zero-order valence-electron chi connectivity index (χ0n) is 14.0. The summed E-state index contributed by atoms with van der Waals surface area (Å²) in [4.78, 5) is 2.04. The van der Waals surface area contributed by atoms with Gasteiger partial charge in [-0.25, -0.2) is 0 Å². The van der Waals surface area contributed by atoms with Crippen LogP contribution in [0.25, 0.3) is 32.3 Å². The zero-order chi connectivity index (χ0) is 18.3. The van der Waals surface area contributed by atoms with E-state index in [-0.39, 0.29) is 0 Å². The zero-order valence-corrected chi connectivity index (χ0v) is 16.4. The van der Waals surface area contributed by atoms with Crippen molar-refractivity contribution in [3.63, 3.8) is 0 Å². The molecule has 0 radical (unpaired) electrons. The normalized spacial score (nSPS) is 11.1. The molecular weight excluding hydrogens is 387 g/mol. The second-order valence-electron chi connectivity index (χ2n) is 6.01. The Morgan fingerprint density at radius 1 is 0.846 bits per heavy atom. The first kappa shape index (κ1) is 17.2. The van der Waals surface area contributed by atoms with Crippen molar-refractivity contribution in [3.05, 3.63) is 63.6 Å². The first-order valence-corrected chi connectivity index (χ1v) is 9.51. The van der Waals surface area contributed by atoms with Gasteiger partial charge in [-0.2, -0.15) is 5.21 Å². The Bertz CT molecular complexity index is 1020. The smallest absolute Gasteiger partial charge is 0.177 e. The third-order valence-corrected chi connectivity index (χ3v) is 5.87. The lowest BCUT2D eigenvalue weighted by atomic mass is 9.96. The van der Waals surface area contributed by atoms with Gasteiger partial charge in [-0.3, -0.25) is 0 Å². The molecule has 0 aliphatic heterocycles. The molecule has 2 aromatic heterocycles. The number of benzene rings is 2. The molecule has 0 amide bonds. The summed E-state index contributed by atoms with van der Waals surface area (Å²) in [6.07, 6.45) is 0. The van der Waals surface area contributed by atoms with Gasteiger partial charge in [0.1, 0.15) is 0 Å². The lowest BCUT2D eigenvalue weighted by Gasteiger charge is -2.10. The molecule has 4 nitrogen and oxygen atoms in total. The molecule has 4 rings (SSSR count). The van der Waals surface area contributed by atoms with Crippen molar-refractivity contribution in [2.24, 2.45) is 0 Å².